The standard InChI is InChI=1S/C11H16N2/c12-7-9-5-6-11(13-8-9)10-3-1-2-4-10/h5-6,8,10H,1-4,7,12H2. The van der Waals surface area contributed by atoms with Crippen molar-refractivity contribution in [3.05, 3.63) is 29.6 Å². The quantitative estimate of drug-likeness (QED) is 0.750. The number of nitrogens with zero attached hydrogens (tertiary/aromatic N) is 1. The van der Waals surface area contributed by atoms with Gasteiger partial charge in [-0.05, 0) is 24.5 Å². The van der Waals surface area contributed by atoms with Gasteiger partial charge in [0.05, 0.1) is 0 Å². The molecule has 0 aromatic carbocycles. The van der Waals surface area contributed by atoms with Crippen LogP contribution >= 0.6 is 0 Å². The van der Waals surface area contributed by atoms with E-state index in [9.17, 15) is 0 Å². The van der Waals surface area contributed by atoms with Crippen LogP contribution in [0.15, 0.2) is 18.3 Å². The van der Waals surface area contributed by atoms with Gasteiger partial charge in [-0.3, -0.25) is 4.98 Å². The summed E-state index contributed by atoms with van der Waals surface area (Å²) in [5, 5.41) is 0. The molecule has 2 rings (SSSR count). The van der Waals surface area contributed by atoms with E-state index in [2.05, 4.69) is 17.1 Å². The molecular weight excluding hydrogens is 160 g/mol. The van der Waals surface area contributed by atoms with Gasteiger partial charge >= 0.3 is 0 Å². The second-order valence-electron chi connectivity index (χ2n) is 3.78. The van der Waals surface area contributed by atoms with E-state index in [1.165, 1.54) is 31.4 Å². The normalized spacial score (nSPS) is 17.9. The highest BCUT2D eigenvalue weighted by Gasteiger charge is 2.17. The summed E-state index contributed by atoms with van der Waals surface area (Å²) in [5.74, 6) is 0.715. The molecule has 0 bridgehead atoms. The van der Waals surface area contributed by atoms with Crippen molar-refractivity contribution >= 4 is 0 Å². The van der Waals surface area contributed by atoms with E-state index in [4.69, 9.17) is 5.73 Å². The van der Waals surface area contributed by atoms with Crippen molar-refractivity contribution in [1.29, 1.82) is 0 Å². The summed E-state index contributed by atoms with van der Waals surface area (Å²) >= 11 is 0. The summed E-state index contributed by atoms with van der Waals surface area (Å²) in [6.45, 7) is 0.595. The van der Waals surface area contributed by atoms with Gasteiger partial charge in [0, 0.05) is 24.4 Å². The Morgan fingerprint density at radius 2 is 2.08 bits per heavy atom. The highest BCUT2D eigenvalue weighted by atomic mass is 14.7. The summed E-state index contributed by atoms with van der Waals surface area (Å²) in [5.41, 5.74) is 7.90. The molecule has 70 valence electrons. The molecule has 2 nitrogen and oxygen atoms in total. The Morgan fingerprint density at radius 3 is 2.62 bits per heavy atom. The predicted octanol–water partition coefficient (Wildman–Crippen LogP) is 2.20. The van der Waals surface area contributed by atoms with Crippen LogP contribution in [-0.4, -0.2) is 4.98 Å². The van der Waals surface area contributed by atoms with Gasteiger partial charge in [-0.25, -0.2) is 0 Å². The van der Waals surface area contributed by atoms with E-state index in [0.717, 1.165) is 5.56 Å². The lowest BCUT2D eigenvalue weighted by atomic mass is 10.0. The third-order valence-corrected chi connectivity index (χ3v) is 2.86. The molecule has 1 heterocycles. The van der Waals surface area contributed by atoms with Gasteiger partial charge in [-0.2, -0.15) is 0 Å². The van der Waals surface area contributed by atoms with Crippen molar-refractivity contribution < 1.29 is 0 Å². The molecule has 2 N–H and O–H groups in total. The monoisotopic (exact) mass is 176 g/mol. The first-order valence-corrected chi connectivity index (χ1v) is 5.05. The zero-order valence-electron chi connectivity index (χ0n) is 7.87. The van der Waals surface area contributed by atoms with Crippen LogP contribution in [0.25, 0.3) is 0 Å². The van der Waals surface area contributed by atoms with E-state index in [1.54, 1.807) is 0 Å². The zero-order valence-corrected chi connectivity index (χ0v) is 7.87. The van der Waals surface area contributed by atoms with Gasteiger partial charge in [0.2, 0.25) is 0 Å². The van der Waals surface area contributed by atoms with Gasteiger partial charge in [0.25, 0.3) is 0 Å². The lowest BCUT2D eigenvalue weighted by Gasteiger charge is -2.07. The number of nitrogens with two attached hydrogens (primary N) is 1. The largest absolute Gasteiger partial charge is 0.326 e. The summed E-state index contributed by atoms with van der Waals surface area (Å²) in [6, 6.07) is 4.23. The molecule has 13 heavy (non-hydrogen) atoms. The lowest BCUT2D eigenvalue weighted by molar-refractivity contribution is 0.696. The molecule has 1 aromatic heterocycles. The second-order valence-corrected chi connectivity index (χ2v) is 3.78. The first-order chi connectivity index (χ1) is 6.40. The van der Waals surface area contributed by atoms with Crippen LogP contribution in [0, 0.1) is 0 Å². The van der Waals surface area contributed by atoms with Crippen molar-refractivity contribution in [3.63, 3.8) is 0 Å². The van der Waals surface area contributed by atoms with Gasteiger partial charge in [0.15, 0.2) is 0 Å². The van der Waals surface area contributed by atoms with Crippen LogP contribution in [0.3, 0.4) is 0 Å². The van der Waals surface area contributed by atoms with Crippen molar-refractivity contribution in [3.8, 4) is 0 Å². The van der Waals surface area contributed by atoms with E-state index in [-0.39, 0.29) is 0 Å². The van der Waals surface area contributed by atoms with Crippen LogP contribution in [0.4, 0.5) is 0 Å². The number of pyridine rings is 1. The van der Waals surface area contributed by atoms with Gasteiger partial charge in [-0.1, -0.05) is 18.9 Å². The molecular formula is C11H16N2. The van der Waals surface area contributed by atoms with Crippen LogP contribution < -0.4 is 5.73 Å². The summed E-state index contributed by atoms with van der Waals surface area (Å²) < 4.78 is 0. The molecule has 1 aliphatic rings. The Bertz CT molecular complexity index is 260. The average Bonchev–Trinajstić information content (AvgIpc) is 2.71. The van der Waals surface area contributed by atoms with Crippen molar-refractivity contribution in [1.82, 2.24) is 4.98 Å². The Labute approximate surface area is 79.2 Å². The molecule has 0 aliphatic heterocycles. The Hall–Kier alpha value is -0.890. The van der Waals surface area contributed by atoms with Gasteiger partial charge < -0.3 is 5.73 Å². The lowest BCUT2D eigenvalue weighted by Crippen LogP contribution is -2.00. The minimum absolute atomic E-state index is 0.595. The van der Waals surface area contributed by atoms with Gasteiger partial charge in [0.1, 0.15) is 0 Å². The molecule has 2 heteroatoms. The zero-order chi connectivity index (χ0) is 9.10. The van der Waals surface area contributed by atoms with Gasteiger partial charge in [-0.15, -0.1) is 0 Å². The smallest absolute Gasteiger partial charge is 0.0434 e. The Kier molecular flexibility index (Phi) is 2.60. The highest BCUT2D eigenvalue weighted by molar-refractivity contribution is 5.17. The van der Waals surface area contributed by atoms with E-state index in [1.807, 2.05) is 6.20 Å². The molecule has 1 fully saturated rings. The molecule has 0 radical (unpaired) electrons. The van der Waals surface area contributed by atoms with Crippen molar-refractivity contribution in [2.24, 2.45) is 5.73 Å². The maximum atomic E-state index is 5.51. The summed E-state index contributed by atoms with van der Waals surface area (Å²) in [7, 11) is 0. The van der Waals surface area contributed by atoms with Crippen molar-refractivity contribution in [2.45, 2.75) is 38.1 Å². The number of hydrogen-bond donors (Lipinski definition) is 1. The Morgan fingerprint density at radius 1 is 1.31 bits per heavy atom. The number of hydrogen-bond acceptors (Lipinski definition) is 2. The first-order valence-electron chi connectivity index (χ1n) is 5.05. The Balaban J connectivity index is 2.12. The van der Waals surface area contributed by atoms with Crippen LogP contribution in [-0.2, 0) is 6.54 Å². The number of aromatic nitrogens is 1. The predicted molar refractivity (Wildman–Crippen MR) is 53.3 cm³/mol. The molecule has 0 unspecified atom stereocenters. The van der Waals surface area contributed by atoms with Crippen LogP contribution in [0.2, 0.25) is 0 Å². The fourth-order valence-electron chi connectivity index (χ4n) is 2.02. The van der Waals surface area contributed by atoms with E-state index >= 15 is 0 Å². The van der Waals surface area contributed by atoms with Crippen molar-refractivity contribution in [2.75, 3.05) is 0 Å². The van der Waals surface area contributed by atoms with Crippen LogP contribution in [0.1, 0.15) is 42.9 Å². The second kappa shape index (κ2) is 3.88. The molecule has 1 aliphatic carbocycles. The topological polar surface area (TPSA) is 38.9 Å². The van der Waals surface area contributed by atoms with E-state index in [0.29, 0.717) is 12.5 Å². The SMILES string of the molecule is NCc1ccc(C2CCCC2)nc1. The highest BCUT2D eigenvalue weighted by Crippen LogP contribution is 2.32. The fourth-order valence-corrected chi connectivity index (χ4v) is 2.02. The maximum Gasteiger partial charge on any atom is 0.0434 e. The van der Waals surface area contributed by atoms with Crippen LogP contribution in [0.5, 0.6) is 0 Å². The molecule has 1 aromatic rings. The molecule has 0 spiro atoms. The summed E-state index contributed by atoms with van der Waals surface area (Å²) in [4.78, 5) is 4.45. The molecule has 0 amide bonds. The first kappa shape index (κ1) is 8.70. The average molecular weight is 176 g/mol. The maximum absolute atomic E-state index is 5.51. The minimum Gasteiger partial charge on any atom is -0.326 e. The summed E-state index contributed by atoms with van der Waals surface area (Å²) in [6.07, 6.45) is 7.27. The third-order valence-electron chi connectivity index (χ3n) is 2.86. The molecule has 0 atom stereocenters. The van der Waals surface area contributed by atoms with E-state index < -0.39 is 0 Å². The number of rotatable bonds is 2. The third kappa shape index (κ3) is 1.89. The minimum atomic E-state index is 0.595. The molecule has 0 saturated heterocycles. The molecule has 1 saturated carbocycles. The fraction of sp³-hybridized carbons (Fsp3) is 0.545.